The molecule has 1 heterocycles. The summed E-state index contributed by atoms with van der Waals surface area (Å²) in [4.78, 5) is 36.7. The normalized spacial score (nSPS) is 10.4. The number of methoxy groups -OCH3 is 1. The molecule has 0 aliphatic heterocycles. The first-order valence-electron chi connectivity index (χ1n) is 8.00. The second kappa shape index (κ2) is 7.69. The van der Waals surface area contributed by atoms with Gasteiger partial charge in [-0.15, -0.1) is 0 Å². The smallest absolute Gasteiger partial charge is 0.320 e. The molecule has 1 amide bonds. The van der Waals surface area contributed by atoms with Crippen molar-refractivity contribution in [1.29, 1.82) is 0 Å². The third-order valence-electron chi connectivity index (χ3n) is 3.87. The highest BCUT2D eigenvalue weighted by Crippen LogP contribution is 2.13. The van der Waals surface area contributed by atoms with E-state index in [4.69, 9.17) is 4.74 Å². The minimum absolute atomic E-state index is 0.00197. The Labute approximate surface area is 153 Å². The maximum atomic E-state index is 13.6. The van der Waals surface area contributed by atoms with E-state index in [1.807, 2.05) is 0 Å². The lowest BCUT2D eigenvalue weighted by Gasteiger charge is -2.10. The van der Waals surface area contributed by atoms with Crippen molar-refractivity contribution in [2.24, 2.45) is 0 Å². The number of amides is 1. The molecule has 3 aromatic rings. The number of para-hydroxylation sites is 1. The highest BCUT2D eigenvalue weighted by Gasteiger charge is 2.11. The van der Waals surface area contributed by atoms with Gasteiger partial charge in [0.1, 0.15) is 18.1 Å². The number of ether oxygens (including phenoxy) is 1. The number of nitrogens with one attached hydrogen (secondary N) is 1. The number of benzene rings is 2. The Morgan fingerprint density at radius 1 is 1.04 bits per heavy atom. The Kier molecular flexibility index (Phi) is 5.16. The summed E-state index contributed by atoms with van der Waals surface area (Å²) < 4.78 is 20.8. The summed E-state index contributed by atoms with van der Waals surface area (Å²) in [7, 11) is 1.52. The van der Waals surface area contributed by atoms with Gasteiger partial charge in [-0.1, -0.05) is 12.1 Å². The summed E-state index contributed by atoms with van der Waals surface area (Å²) in [6.45, 7) is -0.411. The number of hydrogen-bond acceptors (Lipinski definition) is 4. The van der Waals surface area contributed by atoms with E-state index in [0.717, 1.165) is 4.57 Å². The molecule has 1 N–H and O–H groups in total. The number of anilines is 1. The third-order valence-corrected chi connectivity index (χ3v) is 3.87. The minimum atomic E-state index is -0.864. The first-order chi connectivity index (χ1) is 13.0. The lowest BCUT2D eigenvalue weighted by atomic mass is 10.3. The summed E-state index contributed by atoms with van der Waals surface area (Å²) in [5.74, 6) is -0.595. The zero-order valence-electron chi connectivity index (χ0n) is 14.4. The summed E-state index contributed by atoms with van der Waals surface area (Å²) >= 11 is 0. The molecule has 27 heavy (non-hydrogen) atoms. The predicted octanol–water partition coefficient (Wildman–Crippen LogP) is 1.79. The zero-order chi connectivity index (χ0) is 19.4. The standard InChI is InChI=1S/C19H16FN3O4/c1-27-14-8-6-13(7-9-14)23-11-10-22(18(25)19(23)26)12-17(24)21-16-5-3-2-4-15(16)20/h2-11H,12H2,1H3,(H,21,24). The van der Waals surface area contributed by atoms with Crippen molar-refractivity contribution in [3.63, 3.8) is 0 Å². The summed E-state index contributed by atoms with van der Waals surface area (Å²) in [5.41, 5.74) is -1.18. The van der Waals surface area contributed by atoms with Crippen molar-refractivity contribution in [2.75, 3.05) is 12.4 Å². The Hall–Kier alpha value is -3.68. The molecule has 8 heteroatoms. The Morgan fingerprint density at radius 2 is 1.74 bits per heavy atom. The van der Waals surface area contributed by atoms with Crippen LogP contribution < -0.4 is 21.2 Å². The summed E-state index contributed by atoms with van der Waals surface area (Å²) in [5, 5.41) is 2.37. The van der Waals surface area contributed by atoms with E-state index in [0.29, 0.717) is 11.4 Å². The van der Waals surface area contributed by atoms with E-state index in [9.17, 15) is 18.8 Å². The van der Waals surface area contributed by atoms with Gasteiger partial charge in [0.15, 0.2) is 0 Å². The number of hydrogen-bond donors (Lipinski definition) is 1. The van der Waals surface area contributed by atoms with Crippen molar-refractivity contribution < 1.29 is 13.9 Å². The summed E-state index contributed by atoms with van der Waals surface area (Å²) in [6, 6.07) is 12.3. The number of carbonyl (C=O) groups is 1. The van der Waals surface area contributed by atoms with Crippen LogP contribution in [0, 0.1) is 5.82 Å². The summed E-state index contributed by atoms with van der Waals surface area (Å²) in [6.07, 6.45) is 2.72. The van der Waals surface area contributed by atoms with E-state index < -0.39 is 29.4 Å². The number of nitrogens with zero attached hydrogens (tertiary/aromatic N) is 2. The average Bonchev–Trinajstić information content (AvgIpc) is 2.68. The molecule has 0 atom stereocenters. The Bertz CT molecular complexity index is 1090. The van der Waals surface area contributed by atoms with Gasteiger partial charge < -0.3 is 10.1 Å². The second-order valence-electron chi connectivity index (χ2n) is 5.63. The molecule has 0 fully saturated rings. The average molecular weight is 369 g/mol. The van der Waals surface area contributed by atoms with Crippen molar-refractivity contribution >= 4 is 11.6 Å². The molecular formula is C19H16FN3O4. The Balaban J connectivity index is 1.82. The quantitative estimate of drug-likeness (QED) is 0.695. The monoisotopic (exact) mass is 369 g/mol. The van der Waals surface area contributed by atoms with Crippen LogP contribution in [0.5, 0.6) is 5.75 Å². The molecule has 0 aliphatic rings. The van der Waals surface area contributed by atoms with Gasteiger partial charge >= 0.3 is 11.1 Å². The molecule has 7 nitrogen and oxygen atoms in total. The maximum absolute atomic E-state index is 13.6. The molecule has 0 bridgehead atoms. The molecule has 3 rings (SSSR count). The maximum Gasteiger partial charge on any atom is 0.320 e. The minimum Gasteiger partial charge on any atom is -0.497 e. The van der Waals surface area contributed by atoms with Crippen molar-refractivity contribution in [1.82, 2.24) is 9.13 Å². The highest BCUT2D eigenvalue weighted by molar-refractivity contribution is 5.90. The van der Waals surface area contributed by atoms with Crippen LogP contribution in [-0.2, 0) is 11.3 Å². The molecule has 0 aliphatic carbocycles. The van der Waals surface area contributed by atoms with Crippen LogP contribution in [0.2, 0.25) is 0 Å². The van der Waals surface area contributed by atoms with Gasteiger partial charge in [0, 0.05) is 18.1 Å². The number of rotatable bonds is 5. The molecule has 0 spiro atoms. The Morgan fingerprint density at radius 3 is 2.41 bits per heavy atom. The number of aromatic nitrogens is 2. The van der Waals surface area contributed by atoms with Gasteiger partial charge in [0.25, 0.3) is 0 Å². The van der Waals surface area contributed by atoms with Crippen LogP contribution in [-0.4, -0.2) is 22.2 Å². The van der Waals surface area contributed by atoms with E-state index in [1.54, 1.807) is 30.3 Å². The van der Waals surface area contributed by atoms with Crippen molar-refractivity contribution in [3.8, 4) is 11.4 Å². The molecule has 2 aromatic carbocycles. The van der Waals surface area contributed by atoms with Crippen LogP contribution >= 0.6 is 0 Å². The largest absolute Gasteiger partial charge is 0.497 e. The molecule has 138 valence electrons. The van der Waals surface area contributed by atoms with E-state index in [-0.39, 0.29) is 5.69 Å². The lowest BCUT2D eigenvalue weighted by Crippen LogP contribution is -2.41. The van der Waals surface area contributed by atoms with Gasteiger partial charge in [0.2, 0.25) is 5.91 Å². The van der Waals surface area contributed by atoms with Crippen LogP contribution in [0.3, 0.4) is 0 Å². The van der Waals surface area contributed by atoms with Crippen molar-refractivity contribution in [3.05, 3.63) is 87.4 Å². The first kappa shape index (κ1) is 18.1. The fourth-order valence-corrected chi connectivity index (χ4v) is 2.49. The third kappa shape index (κ3) is 3.95. The van der Waals surface area contributed by atoms with Crippen LogP contribution in [0.15, 0.2) is 70.5 Å². The predicted molar refractivity (Wildman–Crippen MR) is 97.9 cm³/mol. The van der Waals surface area contributed by atoms with E-state index in [2.05, 4.69) is 5.32 Å². The van der Waals surface area contributed by atoms with Gasteiger partial charge in [-0.2, -0.15) is 0 Å². The van der Waals surface area contributed by atoms with Crippen LogP contribution in [0.25, 0.3) is 5.69 Å². The van der Waals surface area contributed by atoms with Gasteiger partial charge in [0.05, 0.1) is 12.8 Å². The van der Waals surface area contributed by atoms with Gasteiger partial charge in [-0.05, 0) is 36.4 Å². The molecule has 0 radical (unpaired) electrons. The second-order valence-corrected chi connectivity index (χ2v) is 5.63. The van der Waals surface area contributed by atoms with Crippen LogP contribution in [0.1, 0.15) is 0 Å². The van der Waals surface area contributed by atoms with Crippen molar-refractivity contribution in [2.45, 2.75) is 6.54 Å². The first-order valence-corrected chi connectivity index (χ1v) is 8.00. The SMILES string of the molecule is COc1ccc(-n2ccn(CC(=O)Nc3ccccc3F)c(=O)c2=O)cc1. The molecule has 0 saturated heterocycles. The topological polar surface area (TPSA) is 82.3 Å². The fourth-order valence-electron chi connectivity index (χ4n) is 2.49. The molecule has 1 aromatic heterocycles. The van der Waals surface area contributed by atoms with E-state index >= 15 is 0 Å². The zero-order valence-corrected chi connectivity index (χ0v) is 14.4. The highest BCUT2D eigenvalue weighted by atomic mass is 19.1. The molecule has 0 saturated carbocycles. The fraction of sp³-hybridized carbons (Fsp3) is 0.105. The van der Waals surface area contributed by atoms with E-state index in [1.165, 1.54) is 42.3 Å². The molecular weight excluding hydrogens is 353 g/mol. The molecule has 0 unspecified atom stereocenters. The number of carbonyl (C=O) groups excluding carboxylic acids is 1. The van der Waals surface area contributed by atoms with Crippen LogP contribution in [0.4, 0.5) is 10.1 Å². The van der Waals surface area contributed by atoms with Gasteiger partial charge in [-0.25, -0.2) is 4.39 Å². The van der Waals surface area contributed by atoms with Gasteiger partial charge in [-0.3, -0.25) is 23.5 Å². The number of halogens is 1. The lowest BCUT2D eigenvalue weighted by molar-refractivity contribution is -0.116.